The van der Waals surface area contributed by atoms with Crippen LogP contribution in [0.1, 0.15) is 43.6 Å². The fraction of sp³-hybridized carbons (Fsp3) is 0.375. The molecule has 10 heteroatoms. The van der Waals surface area contributed by atoms with Gasteiger partial charge >= 0.3 is 0 Å². The van der Waals surface area contributed by atoms with Crippen LogP contribution in [-0.4, -0.2) is 65.6 Å². The van der Waals surface area contributed by atoms with E-state index in [-0.39, 0.29) is 18.0 Å². The Balaban J connectivity index is 1.44. The normalized spacial score (nSPS) is 17.4. The number of benzene rings is 2. The second-order valence-corrected chi connectivity index (χ2v) is 9.43. The summed E-state index contributed by atoms with van der Waals surface area (Å²) in [5, 5.41) is 23.1. The van der Waals surface area contributed by atoms with Crippen LogP contribution < -0.4 is 11.1 Å². The van der Waals surface area contributed by atoms with E-state index in [0.717, 1.165) is 23.0 Å². The maximum absolute atomic E-state index is 12.7. The molecule has 0 saturated carbocycles. The number of fused-ring (bicyclic) bond motifs is 3. The number of likely N-dealkylation sites (tertiary alicyclic amines) is 1. The summed E-state index contributed by atoms with van der Waals surface area (Å²) in [5.74, 6) is 0.402. The van der Waals surface area contributed by atoms with E-state index in [1.54, 1.807) is 41.8 Å². The van der Waals surface area contributed by atoms with E-state index in [1.165, 1.54) is 0 Å². The van der Waals surface area contributed by atoms with Gasteiger partial charge in [-0.3, -0.25) is 4.79 Å². The van der Waals surface area contributed by atoms with Crippen molar-refractivity contribution in [1.29, 1.82) is 0 Å². The number of anilines is 2. The quantitative estimate of drug-likeness (QED) is 0.414. The van der Waals surface area contributed by atoms with Crippen molar-refractivity contribution >= 4 is 39.5 Å². The van der Waals surface area contributed by atoms with Crippen molar-refractivity contribution in [2.45, 2.75) is 44.9 Å². The predicted molar refractivity (Wildman–Crippen MR) is 130 cm³/mol. The molecule has 0 unspecified atom stereocenters. The van der Waals surface area contributed by atoms with E-state index in [4.69, 9.17) is 10.7 Å². The average molecular weight is 461 g/mol. The number of hydrogen-bond donors (Lipinski definition) is 3. The number of hydrogen-bond acceptors (Lipinski definition) is 8. The first-order valence-corrected chi connectivity index (χ1v) is 11.4. The smallest absolute Gasteiger partial charge is 0.253 e. The maximum Gasteiger partial charge on any atom is 0.253 e. The number of carbonyl (C=O) groups excluding carboxylic acids is 1. The first kappa shape index (κ1) is 22.2. The SMILES string of the molecule is C[C@@H](n1nnc2ccc3cnc(Nc4ccc(C(=O)N5CC[C@H](N)C5)cc4)nc3c21)C(C)(C)O. The molecular formula is C24H28N8O2. The number of nitrogens with zero attached hydrogens (tertiary/aromatic N) is 6. The molecule has 2 atom stereocenters. The average Bonchev–Trinajstić information content (AvgIpc) is 3.44. The monoisotopic (exact) mass is 460 g/mol. The Morgan fingerprint density at radius 2 is 2.00 bits per heavy atom. The van der Waals surface area contributed by atoms with Gasteiger partial charge in [0.2, 0.25) is 5.95 Å². The van der Waals surface area contributed by atoms with Crippen LogP contribution in [0, 0.1) is 0 Å². The highest BCUT2D eigenvalue weighted by atomic mass is 16.3. The molecule has 0 radical (unpaired) electrons. The fourth-order valence-electron chi connectivity index (χ4n) is 4.13. The van der Waals surface area contributed by atoms with Crippen LogP contribution >= 0.6 is 0 Å². The molecule has 1 fully saturated rings. The van der Waals surface area contributed by atoms with Crippen LogP contribution in [-0.2, 0) is 0 Å². The summed E-state index contributed by atoms with van der Waals surface area (Å²) < 4.78 is 1.71. The zero-order valence-corrected chi connectivity index (χ0v) is 19.4. The molecule has 0 aliphatic carbocycles. The number of nitrogens with one attached hydrogen (secondary N) is 1. The molecule has 176 valence electrons. The number of aliphatic hydroxyl groups is 1. The lowest BCUT2D eigenvalue weighted by atomic mass is 10.0. The lowest BCUT2D eigenvalue weighted by molar-refractivity contribution is 0.0269. The molecule has 1 aliphatic rings. The molecule has 0 spiro atoms. The number of carbonyl (C=O) groups is 1. The van der Waals surface area contributed by atoms with E-state index >= 15 is 0 Å². The Labute approximate surface area is 196 Å². The molecule has 3 heterocycles. The van der Waals surface area contributed by atoms with Crippen molar-refractivity contribution in [3.05, 3.63) is 48.2 Å². The molecule has 1 amide bonds. The van der Waals surface area contributed by atoms with Gasteiger partial charge in [-0.05, 0) is 63.6 Å². The summed E-state index contributed by atoms with van der Waals surface area (Å²) in [6.07, 6.45) is 2.58. The van der Waals surface area contributed by atoms with Gasteiger partial charge in [0.05, 0.1) is 11.6 Å². The van der Waals surface area contributed by atoms with Crippen molar-refractivity contribution < 1.29 is 9.90 Å². The van der Waals surface area contributed by atoms with Crippen LogP contribution in [0.4, 0.5) is 11.6 Å². The third-order valence-electron chi connectivity index (χ3n) is 6.47. The maximum atomic E-state index is 12.7. The van der Waals surface area contributed by atoms with E-state index in [0.29, 0.717) is 35.6 Å². The lowest BCUT2D eigenvalue weighted by Crippen LogP contribution is -2.31. The summed E-state index contributed by atoms with van der Waals surface area (Å²) in [6, 6.07) is 10.8. The molecule has 2 aromatic heterocycles. The fourth-order valence-corrected chi connectivity index (χ4v) is 4.13. The van der Waals surface area contributed by atoms with E-state index in [9.17, 15) is 9.90 Å². The minimum absolute atomic E-state index is 0.00876. The highest BCUT2D eigenvalue weighted by Crippen LogP contribution is 2.29. The summed E-state index contributed by atoms with van der Waals surface area (Å²) >= 11 is 0. The van der Waals surface area contributed by atoms with Gasteiger partial charge in [-0.2, -0.15) is 0 Å². The molecular weight excluding hydrogens is 432 g/mol. The molecule has 2 aromatic carbocycles. The Kier molecular flexibility index (Phi) is 5.41. The first-order valence-electron chi connectivity index (χ1n) is 11.4. The molecule has 0 bridgehead atoms. The van der Waals surface area contributed by atoms with Gasteiger partial charge in [-0.25, -0.2) is 14.6 Å². The predicted octanol–water partition coefficient (Wildman–Crippen LogP) is 2.62. The highest BCUT2D eigenvalue weighted by molar-refractivity contribution is 6.01. The summed E-state index contributed by atoms with van der Waals surface area (Å²) in [4.78, 5) is 23.6. The molecule has 4 N–H and O–H groups in total. The van der Waals surface area contributed by atoms with Gasteiger partial charge in [0.15, 0.2) is 0 Å². The Bertz CT molecular complexity index is 1360. The van der Waals surface area contributed by atoms with Gasteiger partial charge in [0, 0.05) is 42.0 Å². The van der Waals surface area contributed by atoms with Crippen LogP contribution in [0.2, 0.25) is 0 Å². The molecule has 5 rings (SSSR count). The zero-order valence-electron chi connectivity index (χ0n) is 19.4. The number of rotatable bonds is 5. The highest BCUT2D eigenvalue weighted by Gasteiger charge is 2.27. The van der Waals surface area contributed by atoms with Gasteiger partial charge in [-0.1, -0.05) is 5.21 Å². The van der Waals surface area contributed by atoms with E-state index < -0.39 is 5.60 Å². The molecule has 10 nitrogen and oxygen atoms in total. The van der Waals surface area contributed by atoms with Crippen molar-refractivity contribution in [2.75, 3.05) is 18.4 Å². The molecule has 1 aliphatic heterocycles. The number of aromatic nitrogens is 5. The second kappa shape index (κ2) is 8.30. The standard InChI is InChI=1S/C24H28N8O2/c1-14(24(2,3)34)32-21-19(29-30-32)9-6-16-12-26-23(28-20(16)21)27-18-7-4-15(5-8-18)22(33)31-11-10-17(25)13-31/h4-9,12,14,17,34H,10-11,13,25H2,1-3H3,(H,26,27,28)/t14-,17+/m1/s1. The minimum atomic E-state index is -0.990. The molecule has 34 heavy (non-hydrogen) atoms. The lowest BCUT2D eigenvalue weighted by Gasteiger charge is -2.26. The van der Waals surface area contributed by atoms with E-state index in [1.807, 2.05) is 31.2 Å². The topological polar surface area (TPSA) is 135 Å². The Morgan fingerprint density at radius 3 is 2.68 bits per heavy atom. The Morgan fingerprint density at radius 1 is 1.24 bits per heavy atom. The summed E-state index contributed by atoms with van der Waals surface area (Å²) in [7, 11) is 0. The van der Waals surface area contributed by atoms with Crippen LogP contribution in [0.15, 0.2) is 42.6 Å². The third kappa shape index (κ3) is 4.06. The zero-order chi connectivity index (χ0) is 24.0. The van der Waals surface area contributed by atoms with Crippen molar-refractivity contribution in [2.24, 2.45) is 5.73 Å². The van der Waals surface area contributed by atoms with Crippen LogP contribution in [0.3, 0.4) is 0 Å². The summed E-state index contributed by atoms with van der Waals surface area (Å²) in [6.45, 7) is 6.66. The second-order valence-electron chi connectivity index (χ2n) is 9.43. The summed E-state index contributed by atoms with van der Waals surface area (Å²) in [5.41, 5.74) is 8.44. The van der Waals surface area contributed by atoms with Gasteiger partial charge in [-0.15, -0.1) is 5.10 Å². The van der Waals surface area contributed by atoms with Crippen molar-refractivity contribution in [1.82, 2.24) is 29.9 Å². The third-order valence-corrected chi connectivity index (χ3v) is 6.47. The largest absolute Gasteiger partial charge is 0.388 e. The number of amides is 1. The molecule has 1 saturated heterocycles. The van der Waals surface area contributed by atoms with Gasteiger partial charge in [0.25, 0.3) is 5.91 Å². The van der Waals surface area contributed by atoms with Crippen molar-refractivity contribution in [3.63, 3.8) is 0 Å². The minimum Gasteiger partial charge on any atom is -0.388 e. The van der Waals surface area contributed by atoms with Crippen LogP contribution in [0.25, 0.3) is 21.9 Å². The van der Waals surface area contributed by atoms with E-state index in [2.05, 4.69) is 20.6 Å². The Hall–Kier alpha value is -3.63. The van der Waals surface area contributed by atoms with Crippen molar-refractivity contribution in [3.8, 4) is 0 Å². The van der Waals surface area contributed by atoms with Gasteiger partial charge < -0.3 is 21.1 Å². The van der Waals surface area contributed by atoms with Gasteiger partial charge in [0.1, 0.15) is 16.6 Å². The molecule has 4 aromatic rings. The van der Waals surface area contributed by atoms with Crippen LogP contribution in [0.5, 0.6) is 0 Å². The number of nitrogens with two attached hydrogens (primary N) is 1. The first-order chi connectivity index (χ1) is 16.2.